The number of carbonyl (C=O) groups is 2. The highest BCUT2D eigenvalue weighted by molar-refractivity contribution is 5.91. The van der Waals surface area contributed by atoms with Gasteiger partial charge in [-0.15, -0.1) is 0 Å². The number of amides is 3. The van der Waals surface area contributed by atoms with Crippen molar-refractivity contribution in [1.82, 2.24) is 10.2 Å². The zero-order valence-corrected chi connectivity index (χ0v) is 13.2. The smallest absolute Gasteiger partial charge is 0.414 e. The molecule has 1 N–H and O–H groups in total. The normalized spacial score (nSPS) is 20.5. The maximum atomic E-state index is 13.7. The summed E-state index contributed by atoms with van der Waals surface area (Å²) in [5.41, 5.74) is 1.22. The van der Waals surface area contributed by atoms with Crippen molar-refractivity contribution in [1.29, 1.82) is 0 Å². The minimum atomic E-state index is -0.457. The quantitative estimate of drug-likeness (QED) is 0.864. The van der Waals surface area contributed by atoms with Gasteiger partial charge in [0.05, 0.1) is 11.7 Å². The van der Waals surface area contributed by atoms with Gasteiger partial charge in [-0.3, -0.25) is 4.90 Å². The van der Waals surface area contributed by atoms with Crippen LogP contribution in [0.25, 0.3) is 0 Å². The lowest BCUT2D eigenvalue weighted by molar-refractivity contribution is 0.176. The van der Waals surface area contributed by atoms with Crippen LogP contribution in [0, 0.1) is 5.82 Å². The molecule has 1 aromatic rings. The molecule has 1 aromatic carbocycles. The maximum Gasteiger partial charge on any atom is 0.414 e. The number of rotatable bonds is 1. The molecule has 0 unspecified atom stereocenters. The lowest BCUT2D eigenvalue weighted by atomic mass is 10.1. The summed E-state index contributed by atoms with van der Waals surface area (Å²) >= 11 is 0. The van der Waals surface area contributed by atoms with Crippen LogP contribution in [0.2, 0.25) is 0 Å². The second-order valence-corrected chi connectivity index (χ2v) is 6.19. The van der Waals surface area contributed by atoms with Crippen molar-refractivity contribution in [2.24, 2.45) is 0 Å². The van der Waals surface area contributed by atoms with E-state index in [1.165, 1.54) is 17.0 Å². The molecule has 3 amide bonds. The third kappa shape index (κ3) is 3.09. The van der Waals surface area contributed by atoms with Gasteiger partial charge in [0.25, 0.3) is 0 Å². The van der Waals surface area contributed by atoms with Gasteiger partial charge in [0.2, 0.25) is 0 Å². The van der Waals surface area contributed by atoms with E-state index in [2.05, 4.69) is 5.32 Å². The van der Waals surface area contributed by atoms with Crippen LogP contribution < -0.4 is 10.2 Å². The van der Waals surface area contributed by atoms with Crippen molar-refractivity contribution < 1.29 is 18.7 Å². The Labute approximate surface area is 134 Å². The van der Waals surface area contributed by atoms with Gasteiger partial charge in [-0.25, -0.2) is 14.0 Å². The minimum Gasteiger partial charge on any atom is -0.447 e. The van der Waals surface area contributed by atoms with Crippen LogP contribution in [0.4, 0.5) is 19.7 Å². The molecule has 0 saturated carbocycles. The molecule has 3 rings (SSSR count). The summed E-state index contributed by atoms with van der Waals surface area (Å²) in [5, 5.41) is 2.87. The number of nitrogens with one attached hydrogen (secondary N) is 1. The fourth-order valence-corrected chi connectivity index (χ4v) is 2.96. The van der Waals surface area contributed by atoms with Crippen molar-refractivity contribution in [2.45, 2.75) is 38.9 Å². The van der Waals surface area contributed by atoms with Gasteiger partial charge in [-0.05, 0) is 38.0 Å². The number of hydrogen-bond acceptors (Lipinski definition) is 3. The highest BCUT2D eigenvalue weighted by Gasteiger charge is 2.37. The summed E-state index contributed by atoms with van der Waals surface area (Å²) in [6.45, 7) is 4.89. The standard InChI is InChI=1S/C16H20FN3O3/c1-10(2)18-15(21)19-6-5-13-9-23-16(22)20(13)14-7-12(17)4-3-11(14)8-19/h3-4,7,10,13H,5-6,8-9H2,1-2H3,(H,18,21)/t13-/m0/s1. The first kappa shape index (κ1) is 15.6. The molecule has 0 spiro atoms. The van der Waals surface area contributed by atoms with Gasteiger partial charge < -0.3 is 15.0 Å². The SMILES string of the molecule is CC(C)NC(=O)N1CC[C@H]2COC(=O)N2c2cc(F)ccc2C1. The molecule has 23 heavy (non-hydrogen) atoms. The van der Waals surface area contributed by atoms with E-state index in [1.54, 1.807) is 11.0 Å². The average Bonchev–Trinajstić information content (AvgIpc) is 2.82. The van der Waals surface area contributed by atoms with Crippen molar-refractivity contribution in [3.63, 3.8) is 0 Å². The molecule has 7 heteroatoms. The lowest BCUT2D eigenvalue weighted by Gasteiger charge is -2.32. The first-order chi connectivity index (χ1) is 11.0. The average molecular weight is 321 g/mol. The van der Waals surface area contributed by atoms with Crippen molar-refractivity contribution in [2.75, 3.05) is 18.1 Å². The molecule has 0 aliphatic carbocycles. The van der Waals surface area contributed by atoms with E-state index in [4.69, 9.17) is 4.74 Å². The summed E-state index contributed by atoms with van der Waals surface area (Å²) in [6, 6.07) is 3.99. The van der Waals surface area contributed by atoms with Gasteiger partial charge in [0, 0.05) is 19.1 Å². The van der Waals surface area contributed by atoms with E-state index in [9.17, 15) is 14.0 Å². The molecule has 0 aromatic heterocycles. The molecular formula is C16H20FN3O3. The predicted molar refractivity (Wildman–Crippen MR) is 82.7 cm³/mol. The lowest BCUT2D eigenvalue weighted by Crippen LogP contribution is -2.46. The number of cyclic esters (lactones) is 1. The topological polar surface area (TPSA) is 61.9 Å². The molecule has 1 fully saturated rings. The van der Waals surface area contributed by atoms with E-state index in [-0.39, 0.29) is 24.7 Å². The second-order valence-electron chi connectivity index (χ2n) is 6.19. The van der Waals surface area contributed by atoms with Gasteiger partial charge in [0.15, 0.2) is 0 Å². The number of anilines is 1. The molecule has 1 saturated heterocycles. The fourth-order valence-electron chi connectivity index (χ4n) is 2.96. The zero-order chi connectivity index (χ0) is 16.6. The molecule has 0 bridgehead atoms. The third-order valence-corrected chi connectivity index (χ3v) is 4.06. The monoisotopic (exact) mass is 321 g/mol. The van der Waals surface area contributed by atoms with Gasteiger partial charge in [-0.2, -0.15) is 0 Å². The molecule has 6 nitrogen and oxygen atoms in total. The van der Waals surface area contributed by atoms with E-state index >= 15 is 0 Å². The van der Waals surface area contributed by atoms with Crippen molar-refractivity contribution >= 4 is 17.8 Å². The Morgan fingerprint density at radius 3 is 2.96 bits per heavy atom. The highest BCUT2D eigenvalue weighted by Crippen LogP contribution is 2.32. The molecule has 2 aliphatic heterocycles. The zero-order valence-electron chi connectivity index (χ0n) is 13.2. The Hall–Kier alpha value is -2.31. The highest BCUT2D eigenvalue weighted by atomic mass is 19.1. The first-order valence-electron chi connectivity index (χ1n) is 7.75. The predicted octanol–water partition coefficient (Wildman–Crippen LogP) is 2.47. The van der Waals surface area contributed by atoms with Crippen LogP contribution >= 0.6 is 0 Å². The van der Waals surface area contributed by atoms with Gasteiger partial charge in [0.1, 0.15) is 12.4 Å². The fraction of sp³-hybridized carbons (Fsp3) is 0.500. The Morgan fingerprint density at radius 2 is 2.22 bits per heavy atom. The molecule has 2 heterocycles. The number of halogens is 1. The summed E-state index contributed by atoms with van der Waals surface area (Å²) < 4.78 is 18.8. The van der Waals surface area contributed by atoms with E-state index < -0.39 is 11.9 Å². The molecule has 0 radical (unpaired) electrons. The van der Waals surface area contributed by atoms with Crippen LogP contribution in [0.5, 0.6) is 0 Å². The molecular weight excluding hydrogens is 301 g/mol. The number of hydrogen-bond donors (Lipinski definition) is 1. The number of benzene rings is 1. The van der Waals surface area contributed by atoms with Crippen molar-refractivity contribution in [3.05, 3.63) is 29.6 Å². The minimum absolute atomic E-state index is 0.0357. The Bertz CT molecular complexity index is 635. The number of carbonyl (C=O) groups excluding carboxylic acids is 2. The number of ether oxygens (including phenoxy) is 1. The van der Waals surface area contributed by atoms with Crippen LogP contribution in [-0.4, -0.2) is 42.3 Å². The Kier molecular flexibility index (Phi) is 4.11. The van der Waals surface area contributed by atoms with Gasteiger partial charge in [-0.1, -0.05) is 6.07 Å². The van der Waals surface area contributed by atoms with E-state index in [0.29, 0.717) is 25.2 Å². The number of fused-ring (bicyclic) bond motifs is 3. The molecule has 124 valence electrons. The summed E-state index contributed by atoms with van der Waals surface area (Å²) in [7, 11) is 0. The number of urea groups is 1. The Morgan fingerprint density at radius 1 is 1.43 bits per heavy atom. The first-order valence-corrected chi connectivity index (χ1v) is 7.75. The largest absolute Gasteiger partial charge is 0.447 e. The van der Waals surface area contributed by atoms with Crippen LogP contribution in [0.3, 0.4) is 0 Å². The second kappa shape index (κ2) is 6.06. The van der Waals surface area contributed by atoms with Crippen LogP contribution in [0.1, 0.15) is 25.8 Å². The third-order valence-electron chi connectivity index (χ3n) is 4.06. The number of nitrogens with zero attached hydrogens (tertiary/aromatic N) is 2. The van der Waals surface area contributed by atoms with E-state index in [0.717, 1.165) is 5.56 Å². The van der Waals surface area contributed by atoms with Gasteiger partial charge >= 0.3 is 12.1 Å². The Balaban J connectivity index is 1.95. The molecule has 1 atom stereocenters. The van der Waals surface area contributed by atoms with Crippen LogP contribution in [-0.2, 0) is 11.3 Å². The molecule has 2 aliphatic rings. The van der Waals surface area contributed by atoms with Crippen LogP contribution in [0.15, 0.2) is 18.2 Å². The summed E-state index contributed by atoms with van der Waals surface area (Å²) in [5.74, 6) is -0.416. The van der Waals surface area contributed by atoms with Crippen molar-refractivity contribution in [3.8, 4) is 0 Å². The van der Waals surface area contributed by atoms with E-state index in [1.807, 2.05) is 13.8 Å². The maximum absolute atomic E-state index is 13.7. The summed E-state index contributed by atoms with van der Waals surface area (Å²) in [4.78, 5) is 27.5. The summed E-state index contributed by atoms with van der Waals surface area (Å²) in [6.07, 6.45) is 0.134.